The number of amides is 1. The summed E-state index contributed by atoms with van der Waals surface area (Å²) in [5.41, 5.74) is 1.04. The van der Waals surface area contributed by atoms with Crippen LogP contribution in [0.3, 0.4) is 0 Å². The van der Waals surface area contributed by atoms with Gasteiger partial charge in [0.05, 0.1) is 12.5 Å². The molecule has 6 heteroatoms. The minimum absolute atomic E-state index is 0.162. The Kier molecular flexibility index (Phi) is 4.15. The molecule has 1 aromatic heterocycles. The normalized spacial score (nSPS) is 14.6. The lowest BCUT2D eigenvalue weighted by Gasteiger charge is -2.39. The van der Waals surface area contributed by atoms with E-state index in [2.05, 4.69) is 31.4 Å². The molecule has 1 saturated heterocycles. The van der Waals surface area contributed by atoms with Crippen molar-refractivity contribution >= 4 is 27.7 Å². The highest BCUT2D eigenvalue weighted by molar-refractivity contribution is 9.10. The highest BCUT2D eigenvalue weighted by atomic mass is 79.9. The molecule has 0 atom stereocenters. The van der Waals surface area contributed by atoms with Crippen LogP contribution in [-0.4, -0.2) is 40.1 Å². The largest absolute Gasteiger partial charge is 0.362 e. The second-order valence-electron chi connectivity index (χ2n) is 5.05. The molecule has 0 spiro atoms. The first kappa shape index (κ1) is 14.0. The maximum Gasteiger partial charge on any atom is 0.227 e. The summed E-state index contributed by atoms with van der Waals surface area (Å²) in [5, 5.41) is 11.1. The Morgan fingerprint density at radius 2 is 2.05 bits per heavy atom. The Balaban J connectivity index is 1.47. The second-order valence-corrected chi connectivity index (χ2v) is 5.97. The summed E-state index contributed by atoms with van der Waals surface area (Å²) in [5.74, 6) is 0.914. The van der Waals surface area contributed by atoms with E-state index < -0.39 is 0 Å². The number of hydrogen-bond donors (Lipinski definition) is 1. The summed E-state index contributed by atoms with van der Waals surface area (Å²) >= 11 is 3.39. The summed E-state index contributed by atoms with van der Waals surface area (Å²) in [4.78, 5) is 14.0. The number of anilines is 1. The van der Waals surface area contributed by atoms with Crippen LogP contribution in [0.5, 0.6) is 0 Å². The molecule has 2 aromatic rings. The molecule has 21 heavy (non-hydrogen) atoms. The predicted molar refractivity (Wildman–Crippen MR) is 83.9 cm³/mol. The lowest BCUT2D eigenvalue weighted by atomic mass is 10.1. The first-order valence-corrected chi connectivity index (χ1v) is 7.56. The Bertz CT molecular complexity index is 611. The Hall–Kier alpha value is -1.95. The van der Waals surface area contributed by atoms with Crippen LogP contribution in [0, 0.1) is 0 Å². The monoisotopic (exact) mass is 346 g/mol. The third-order valence-electron chi connectivity index (χ3n) is 3.43. The van der Waals surface area contributed by atoms with Gasteiger partial charge < -0.3 is 10.2 Å². The van der Waals surface area contributed by atoms with Crippen LogP contribution in [0.1, 0.15) is 5.56 Å². The number of likely N-dealkylation sites (tertiary alicyclic amines) is 1. The summed E-state index contributed by atoms with van der Waals surface area (Å²) in [6.45, 7) is 1.43. The minimum Gasteiger partial charge on any atom is -0.362 e. The number of halogens is 1. The fourth-order valence-electron chi connectivity index (χ4n) is 2.25. The van der Waals surface area contributed by atoms with Gasteiger partial charge in [-0.3, -0.25) is 4.79 Å². The van der Waals surface area contributed by atoms with Crippen molar-refractivity contribution in [3.8, 4) is 0 Å². The number of benzene rings is 1. The van der Waals surface area contributed by atoms with Crippen LogP contribution in [0.25, 0.3) is 0 Å². The van der Waals surface area contributed by atoms with Gasteiger partial charge in [-0.25, -0.2) is 0 Å². The van der Waals surface area contributed by atoms with E-state index in [0.29, 0.717) is 19.5 Å². The molecule has 0 saturated carbocycles. The lowest BCUT2D eigenvalue weighted by molar-refractivity contribution is -0.134. The van der Waals surface area contributed by atoms with Crippen LogP contribution in [-0.2, 0) is 11.2 Å². The van der Waals surface area contributed by atoms with E-state index in [1.54, 1.807) is 6.20 Å². The molecule has 0 bridgehead atoms. The van der Waals surface area contributed by atoms with E-state index in [9.17, 15) is 4.79 Å². The smallest absolute Gasteiger partial charge is 0.227 e. The summed E-state index contributed by atoms with van der Waals surface area (Å²) in [6.07, 6.45) is 2.09. The molecule has 2 heterocycles. The number of nitrogens with zero attached hydrogens (tertiary/aromatic N) is 3. The standard InChI is InChI=1S/C15H15BrN4O/c16-12-5-3-11(4-6-12)8-15(21)20-9-13(10-20)18-14-2-1-7-17-19-14/h1-7,13H,8-10H2,(H,18,19). The van der Waals surface area contributed by atoms with Gasteiger partial charge in [0.2, 0.25) is 5.91 Å². The van der Waals surface area contributed by atoms with Gasteiger partial charge in [-0.05, 0) is 29.8 Å². The first-order valence-electron chi connectivity index (χ1n) is 6.77. The molecule has 1 amide bonds. The van der Waals surface area contributed by atoms with E-state index in [0.717, 1.165) is 15.9 Å². The Labute approximate surface area is 131 Å². The van der Waals surface area contributed by atoms with Crippen molar-refractivity contribution in [2.45, 2.75) is 12.5 Å². The minimum atomic E-state index is 0.162. The van der Waals surface area contributed by atoms with Gasteiger partial charge in [-0.15, -0.1) is 5.10 Å². The van der Waals surface area contributed by atoms with Crippen LogP contribution in [0.15, 0.2) is 47.1 Å². The maximum atomic E-state index is 12.1. The molecule has 108 valence electrons. The molecule has 1 aromatic carbocycles. The molecule has 0 unspecified atom stereocenters. The predicted octanol–water partition coefficient (Wildman–Crippen LogP) is 2.10. The SMILES string of the molecule is O=C(Cc1ccc(Br)cc1)N1CC(Nc2cccnn2)C1. The van der Waals surface area contributed by atoms with Gasteiger partial charge >= 0.3 is 0 Å². The van der Waals surface area contributed by atoms with Gasteiger partial charge in [-0.1, -0.05) is 28.1 Å². The zero-order chi connectivity index (χ0) is 14.7. The van der Waals surface area contributed by atoms with Crippen molar-refractivity contribution in [2.75, 3.05) is 18.4 Å². The lowest BCUT2D eigenvalue weighted by Crippen LogP contribution is -2.57. The number of nitrogens with one attached hydrogen (secondary N) is 1. The quantitative estimate of drug-likeness (QED) is 0.920. The molecular formula is C15H15BrN4O. The van der Waals surface area contributed by atoms with Crippen molar-refractivity contribution in [3.05, 3.63) is 52.6 Å². The number of hydrogen-bond acceptors (Lipinski definition) is 4. The topological polar surface area (TPSA) is 58.1 Å². The number of rotatable bonds is 4. The molecule has 1 aliphatic heterocycles. The van der Waals surface area contributed by atoms with Gasteiger partial charge in [-0.2, -0.15) is 5.10 Å². The molecule has 1 N–H and O–H groups in total. The first-order chi connectivity index (χ1) is 10.2. The van der Waals surface area contributed by atoms with Crippen LogP contribution in [0.2, 0.25) is 0 Å². The molecular weight excluding hydrogens is 332 g/mol. The fraction of sp³-hybridized carbons (Fsp3) is 0.267. The zero-order valence-electron chi connectivity index (χ0n) is 11.4. The van der Waals surface area contributed by atoms with Crippen molar-refractivity contribution in [2.24, 2.45) is 0 Å². The van der Waals surface area contributed by atoms with E-state index in [-0.39, 0.29) is 11.9 Å². The van der Waals surface area contributed by atoms with Crippen molar-refractivity contribution in [1.82, 2.24) is 15.1 Å². The Morgan fingerprint density at radius 3 is 2.71 bits per heavy atom. The molecule has 1 aliphatic rings. The van der Waals surface area contributed by atoms with Crippen molar-refractivity contribution < 1.29 is 4.79 Å². The highest BCUT2D eigenvalue weighted by Gasteiger charge is 2.30. The Morgan fingerprint density at radius 1 is 1.29 bits per heavy atom. The van der Waals surface area contributed by atoms with Gasteiger partial charge in [0.1, 0.15) is 5.82 Å². The number of carbonyl (C=O) groups excluding carboxylic acids is 1. The highest BCUT2D eigenvalue weighted by Crippen LogP contribution is 2.16. The molecule has 0 aliphatic carbocycles. The average Bonchev–Trinajstić information content (AvgIpc) is 2.46. The van der Waals surface area contributed by atoms with E-state index in [1.165, 1.54) is 0 Å². The summed E-state index contributed by atoms with van der Waals surface area (Å²) < 4.78 is 1.02. The van der Waals surface area contributed by atoms with Crippen LogP contribution >= 0.6 is 15.9 Å². The van der Waals surface area contributed by atoms with Crippen LogP contribution in [0.4, 0.5) is 5.82 Å². The van der Waals surface area contributed by atoms with E-state index in [4.69, 9.17) is 0 Å². The molecule has 1 fully saturated rings. The number of carbonyl (C=O) groups is 1. The third kappa shape index (κ3) is 3.58. The van der Waals surface area contributed by atoms with E-state index >= 15 is 0 Å². The summed E-state index contributed by atoms with van der Waals surface area (Å²) in [6, 6.07) is 11.8. The fourth-order valence-corrected chi connectivity index (χ4v) is 2.51. The second kappa shape index (κ2) is 6.22. The van der Waals surface area contributed by atoms with Gasteiger partial charge in [0.15, 0.2) is 0 Å². The maximum absolute atomic E-state index is 12.1. The molecule has 5 nitrogen and oxygen atoms in total. The molecule has 0 radical (unpaired) electrons. The van der Waals surface area contributed by atoms with E-state index in [1.807, 2.05) is 41.3 Å². The van der Waals surface area contributed by atoms with Gasteiger partial charge in [0, 0.05) is 23.8 Å². The number of aromatic nitrogens is 2. The third-order valence-corrected chi connectivity index (χ3v) is 3.96. The summed E-state index contributed by atoms with van der Waals surface area (Å²) in [7, 11) is 0. The molecule has 3 rings (SSSR count). The van der Waals surface area contributed by atoms with Crippen molar-refractivity contribution in [3.63, 3.8) is 0 Å². The van der Waals surface area contributed by atoms with Crippen LogP contribution < -0.4 is 5.32 Å². The van der Waals surface area contributed by atoms with Crippen molar-refractivity contribution in [1.29, 1.82) is 0 Å². The van der Waals surface area contributed by atoms with Gasteiger partial charge in [0.25, 0.3) is 0 Å². The average molecular weight is 347 g/mol. The zero-order valence-corrected chi connectivity index (χ0v) is 13.0.